The number of nitrogens with zero attached hydrogens (tertiary/aromatic N) is 1. The number of anilines is 1. The van der Waals surface area contributed by atoms with Crippen LogP contribution in [0.5, 0.6) is 0 Å². The molecule has 0 saturated heterocycles. The molecule has 0 saturated carbocycles. The smallest absolute Gasteiger partial charge is 0.329 e. The monoisotopic (exact) mass is 248 g/mol. The van der Waals surface area contributed by atoms with Gasteiger partial charge in [-0.2, -0.15) is 5.26 Å². The molecular formula is C13H16N2O3. The number of carbonyl (C=O) groups is 1. The van der Waals surface area contributed by atoms with Crippen molar-refractivity contribution in [2.24, 2.45) is 0 Å². The minimum Gasteiger partial charge on any atom is -0.480 e. The van der Waals surface area contributed by atoms with Crippen LogP contribution in [0.3, 0.4) is 0 Å². The fourth-order valence-corrected chi connectivity index (χ4v) is 1.51. The van der Waals surface area contributed by atoms with Crippen LogP contribution in [-0.4, -0.2) is 30.3 Å². The van der Waals surface area contributed by atoms with Crippen LogP contribution in [0.25, 0.3) is 0 Å². The summed E-state index contributed by atoms with van der Waals surface area (Å²) in [6.07, 6.45) is 0.329. The molecule has 1 aromatic rings. The van der Waals surface area contributed by atoms with Crippen molar-refractivity contribution in [2.45, 2.75) is 18.9 Å². The molecule has 0 radical (unpaired) electrons. The summed E-state index contributed by atoms with van der Waals surface area (Å²) >= 11 is 0. The maximum absolute atomic E-state index is 11.3. The number of methoxy groups -OCH3 is 1. The zero-order chi connectivity index (χ0) is 13.6. The highest BCUT2D eigenvalue weighted by Gasteiger charge is 2.32. The van der Waals surface area contributed by atoms with E-state index in [4.69, 9.17) is 10.00 Å². The Morgan fingerprint density at radius 2 is 2.33 bits per heavy atom. The molecule has 0 fully saturated rings. The molecule has 0 aliphatic carbocycles. The fraction of sp³-hybridized carbons (Fsp3) is 0.385. The molecule has 0 amide bonds. The van der Waals surface area contributed by atoms with E-state index < -0.39 is 11.5 Å². The number of hydrogen-bond acceptors (Lipinski definition) is 4. The standard InChI is InChI=1S/C13H16N2O3/c1-13(12(16)17,6-7-18-2)15-11-5-3-4-10(8-11)9-14/h3-5,8,15H,6-7H2,1-2H3,(H,16,17). The molecule has 96 valence electrons. The molecule has 1 aromatic carbocycles. The maximum atomic E-state index is 11.3. The zero-order valence-corrected chi connectivity index (χ0v) is 10.4. The minimum absolute atomic E-state index is 0.329. The molecule has 0 aliphatic heterocycles. The number of ether oxygens (including phenoxy) is 1. The van der Waals surface area contributed by atoms with Gasteiger partial charge in [0.05, 0.1) is 11.6 Å². The van der Waals surface area contributed by atoms with E-state index in [1.807, 2.05) is 6.07 Å². The molecule has 0 bridgehead atoms. The first-order valence-corrected chi connectivity index (χ1v) is 5.52. The second-order valence-corrected chi connectivity index (χ2v) is 4.20. The average Bonchev–Trinajstić information content (AvgIpc) is 2.36. The van der Waals surface area contributed by atoms with E-state index in [-0.39, 0.29) is 0 Å². The van der Waals surface area contributed by atoms with E-state index in [1.54, 1.807) is 31.2 Å². The molecule has 1 atom stereocenters. The summed E-state index contributed by atoms with van der Waals surface area (Å²) in [4.78, 5) is 11.3. The lowest BCUT2D eigenvalue weighted by molar-refractivity contribution is -0.142. The van der Waals surface area contributed by atoms with Gasteiger partial charge in [-0.25, -0.2) is 4.79 Å². The fourth-order valence-electron chi connectivity index (χ4n) is 1.51. The summed E-state index contributed by atoms with van der Waals surface area (Å²) in [6.45, 7) is 1.93. The lowest BCUT2D eigenvalue weighted by atomic mass is 9.97. The molecule has 5 heteroatoms. The van der Waals surface area contributed by atoms with Gasteiger partial charge in [0.1, 0.15) is 5.54 Å². The zero-order valence-electron chi connectivity index (χ0n) is 10.4. The Labute approximate surface area is 106 Å². The second-order valence-electron chi connectivity index (χ2n) is 4.20. The Hall–Kier alpha value is -2.06. The van der Waals surface area contributed by atoms with Crippen LogP contribution < -0.4 is 5.32 Å². The maximum Gasteiger partial charge on any atom is 0.329 e. The van der Waals surface area contributed by atoms with E-state index in [1.165, 1.54) is 7.11 Å². The highest BCUT2D eigenvalue weighted by molar-refractivity contribution is 5.82. The minimum atomic E-state index is -1.12. The number of benzene rings is 1. The Balaban J connectivity index is 2.89. The van der Waals surface area contributed by atoms with Gasteiger partial charge in [0.15, 0.2) is 0 Å². The Kier molecular flexibility index (Phi) is 4.69. The van der Waals surface area contributed by atoms with Crippen LogP contribution in [-0.2, 0) is 9.53 Å². The lowest BCUT2D eigenvalue weighted by Crippen LogP contribution is -2.44. The van der Waals surface area contributed by atoms with Gasteiger partial charge in [0.2, 0.25) is 0 Å². The number of nitriles is 1. The topological polar surface area (TPSA) is 82.3 Å². The van der Waals surface area contributed by atoms with Gasteiger partial charge < -0.3 is 15.2 Å². The number of carboxylic acids is 1. The van der Waals surface area contributed by atoms with Gasteiger partial charge in [-0.3, -0.25) is 0 Å². The number of nitrogens with one attached hydrogen (secondary N) is 1. The summed E-state index contributed by atoms with van der Waals surface area (Å²) < 4.78 is 4.91. The molecular weight excluding hydrogens is 232 g/mol. The number of hydrogen-bond donors (Lipinski definition) is 2. The molecule has 18 heavy (non-hydrogen) atoms. The van der Waals surface area contributed by atoms with E-state index in [9.17, 15) is 9.90 Å². The van der Waals surface area contributed by atoms with Gasteiger partial charge in [-0.15, -0.1) is 0 Å². The van der Waals surface area contributed by atoms with Crippen molar-refractivity contribution in [1.82, 2.24) is 0 Å². The summed E-state index contributed by atoms with van der Waals surface area (Å²) in [5.41, 5.74) is -0.0288. The second kappa shape index (κ2) is 6.03. The van der Waals surface area contributed by atoms with Gasteiger partial charge in [0.25, 0.3) is 0 Å². The van der Waals surface area contributed by atoms with E-state index >= 15 is 0 Å². The molecule has 0 aliphatic rings. The van der Waals surface area contributed by atoms with Crippen LogP contribution in [0.15, 0.2) is 24.3 Å². The van der Waals surface area contributed by atoms with Crippen molar-refractivity contribution in [3.8, 4) is 6.07 Å². The summed E-state index contributed by atoms with van der Waals surface area (Å²) in [7, 11) is 1.53. The third-order valence-electron chi connectivity index (χ3n) is 2.69. The largest absolute Gasteiger partial charge is 0.480 e. The first kappa shape index (κ1) is 14.0. The third-order valence-corrected chi connectivity index (χ3v) is 2.69. The van der Waals surface area contributed by atoms with Crippen molar-refractivity contribution in [2.75, 3.05) is 19.0 Å². The van der Waals surface area contributed by atoms with Crippen LogP contribution in [0.2, 0.25) is 0 Å². The van der Waals surface area contributed by atoms with Gasteiger partial charge in [0, 0.05) is 25.8 Å². The Morgan fingerprint density at radius 3 is 2.89 bits per heavy atom. The molecule has 1 rings (SSSR count). The first-order chi connectivity index (χ1) is 8.51. The van der Waals surface area contributed by atoms with Crippen molar-refractivity contribution in [3.63, 3.8) is 0 Å². The normalized spacial score (nSPS) is 13.4. The Morgan fingerprint density at radius 1 is 1.61 bits per heavy atom. The molecule has 0 spiro atoms. The third kappa shape index (κ3) is 3.47. The predicted molar refractivity (Wildman–Crippen MR) is 67.3 cm³/mol. The highest BCUT2D eigenvalue weighted by atomic mass is 16.5. The first-order valence-electron chi connectivity index (χ1n) is 5.52. The van der Waals surface area contributed by atoms with E-state index in [0.29, 0.717) is 24.3 Å². The van der Waals surface area contributed by atoms with Crippen molar-refractivity contribution in [3.05, 3.63) is 29.8 Å². The van der Waals surface area contributed by atoms with Gasteiger partial charge >= 0.3 is 5.97 Å². The summed E-state index contributed by atoms with van der Waals surface area (Å²) in [6, 6.07) is 8.74. The van der Waals surface area contributed by atoms with Crippen LogP contribution >= 0.6 is 0 Å². The van der Waals surface area contributed by atoms with Gasteiger partial charge in [-0.1, -0.05) is 6.07 Å². The molecule has 0 heterocycles. The number of aliphatic carboxylic acids is 1. The molecule has 2 N–H and O–H groups in total. The molecule has 5 nitrogen and oxygen atoms in total. The van der Waals surface area contributed by atoms with Crippen molar-refractivity contribution < 1.29 is 14.6 Å². The van der Waals surface area contributed by atoms with E-state index in [2.05, 4.69) is 5.32 Å². The van der Waals surface area contributed by atoms with E-state index in [0.717, 1.165) is 0 Å². The summed E-state index contributed by atoms with van der Waals surface area (Å²) in [5.74, 6) is -0.957. The lowest BCUT2D eigenvalue weighted by Gasteiger charge is -2.27. The average molecular weight is 248 g/mol. The SMILES string of the molecule is COCCC(C)(Nc1cccc(C#N)c1)C(=O)O. The quantitative estimate of drug-likeness (QED) is 0.802. The molecule has 1 unspecified atom stereocenters. The molecule has 0 aromatic heterocycles. The van der Waals surface area contributed by atoms with Crippen LogP contribution in [0.1, 0.15) is 18.9 Å². The summed E-state index contributed by atoms with van der Waals surface area (Å²) in [5, 5.41) is 21.0. The van der Waals surface area contributed by atoms with Crippen molar-refractivity contribution >= 4 is 11.7 Å². The predicted octanol–water partition coefficient (Wildman–Crippen LogP) is 1.85. The van der Waals surface area contributed by atoms with Gasteiger partial charge in [-0.05, 0) is 25.1 Å². The number of rotatable bonds is 6. The van der Waals surface area contributed by atoms with Crippen LogP contribution in [0, 0.1) is 11.3 Å². The Bertz CT molecular complexity index is 468. The number of carboxylic acid groups (broad SMARTS) is 1. The van der Waals surface area contributed by atoms with Crippen LogP contribution in [0.4, 0.5) is 5.69 Å². The highest BCUT2D eigenvalue weighted by Crippen LogP contribution is 2.20. The van der Waals surface area contributed by atoms with Crippen molar-refractivity contribution in [1.29, 1.82) is 5.26 Å².